The molecule has 1 amide bonds. The number of hydrogen-bond acceptors (Lipinski definition) is 4. The summed E-state index contributed by atoms with van der Waals surface area (Å²) in [5.74, 6) is 0.572. The molecular weight excluding hydrogens is 523 g/mol. The minimum Gasteiger partial charge on any atom is -0.383 e. The number of carbonyl (C=O) groups is 1. The Balaban J connectivity index is 0.00000420. The molecular formula is C20H28ClIN4O2S. The molecule has 2 aromatic rings. The molecule has 6 nitrogen and oxygen atoms in total. The van der Waals surface area contributed by atoms with Crippen LogP contribution in [0.3, 0.4) is 0 Å². The molecule has 0 aliphatic heterocycles. The number of amides is 1. The van der Waals surface area contributed by atoms with Crippen molar-refractivity contribution in [1.82, 2.24) is 10.6 Å². The Morgan fingerprint density at radius 1 is 1.24 bits per heavy atom. The summed E-state index contributed by atoms with van der Waals surface area (Å²) in [5.41, 5.74) is 0.574. The van der Waals surface area contributed by atoms with E-state index in [2.05, 4.69) is 20.9 Å². The number of hydrogen-bond donors (Lipinski definition) is 4. The van der Waals surface area contributed by atoms with Gasteiger partial charge in [-0.15, -0.1) is 24.0 Å². The molecule has 2 rings (SSSR count). The van der Waals surface area contributed by atoms with Gasteiger partial charge in [0.1, 0.15) is 5.60 Å². The van der Waals surface area contributed by atoms with Gasteiger partial charge in [0.2, 0.25) is 5.91 Å². The summed E-state index contributed by atoms with van der Waals surface area (Å²) in [6.45, 7) is 5.29. The number of nitrogens with zero attached hydrogens (tertiary/aromatic N) is 1. The van der Waals surface area contributed by atoms with E-state index in [4.69, 9.17) is 11.6 Å². The number of nitrogens with one attached hydrogen (secondary N) is 3. The molecule has 0 radical (unpaired) electrons. The van der Waals surface area contributed by atoms with Gasteiger partial charge >= 0.3 is 0 Å². The monoisotopic (exact) mass is 550 g/mol. The van der Waals surface area contributed by atoms with E-state index in [1.54, 1.807) is 42.5 Å². The fourth-order valence-corrected chi connectivity index (χ4v) is 3.36. The average Bonchev–Trinajstić information content (AvgIpc) is 3.21. The molecule has 0 saturated heterocycles. The van der Waals surface area contributed by atoms with Crippen molar-refractivity contribution in [2.75, 3.05) is 25.0 Å². The average molecular weight is 551 g/mol. The van der Waals surface area contributed by atoms with E-state index in [0.717, 1.165) is 11.3 Å². The lowest BCUT2D eigenvalue weighted by atomic mass is 10.00. The van der Waals surface area contributed by atoms with Crippen LogP contribution in [0.25, 0.3) is 0 Å². The van der Waals surface area contributed by atoms with Gasteiger partial charge in [-0.1, -0.05) is 11.6 Å². The minimum absolute atomic E-state index is 0. The normalized spacial score (nSPS) is 13.2. The van der Waals surface area contributed by atoms with Crippen LogP contribution >= 0.6 is 46.9 Å². The number of rotatable bonds is 9. The summed E-state index contributed by atoms with van der Waals surface area (Å²) < 4.78 is 0. The van der Waals surface area contributed by atoms with Gasteiger partial charge in [-0.2, -0.15) is 11.3 Å². The topological polar surface area (TPSA) is 85.8 Å². The van der Waals surface area contributed by atoms with E-state index >= 15 is 0 Å². The van der Waals surface area contributed by atoms with Crippen molar-refractivity contribution in [3.63, 3.8) is 0 Å². The summed E-state index contributed by atoms with van der Waals surface area (Å²) in [6.07, 6.45) is 1.05. The summed E-state index contributed by atoms with van der Waals surface area (Å²) >= 11 is 7.38. The molecule has 4 N–H and O–H groups in total. The first-order chi connectivity index (χ1) is 13.4. The second-order valence-corrected chi connectivity index (χ2v) is 7.78. The molecule has 1 aromatic carbocycles. The lowest BCUT2D eigenvalue weighted by Crippen LogP contribution is -2.39. The number of aliphatic hydroxyl groups is 1. The number of anilines is 1. The molecule has 0 bridgehead atoms. The maximum atomic E-state index is 12.0. The Bertz CT molecular complexity index is 767. The van der Waals surface area contributed by atoms with Crippen LogP contribution < -0.4 is 16.0 Å². The molecule has 1 aromatic heterocycles. The molecule has 1 heterocycles. The van der Waals surface area contributed by atoms with Crippen LogP contribution in [0.1, 0.15) is 32.3 Å². The Morgan fingerprint density at radius 2 is 1.97 bits per heavy atom. The van der Waals surface area contributed by atoms with Gasteiger partial charge in [-0.3, -0.25) is 4.79 Å². The van der Waals surface area contributed by atoms with E-state index in [0.29, 0.717) is 36.9 Å². The van der Waals surface area contributed by atoms with E-state index in [1.807, 2.05) is 23.8 Å². The minimum atomic E-state index is -1.01. The standard InChI is InChI=1S/C20H27ClN4O2S.HI/c1-3-22-19(24-14-20(2,27)15-10-12-28-13-15)23-11-4-5-18(26)25-17-8-6-16(21)7-9-17;/h6-10,12-13,27H,3-5,11,14H2,1-2H3,(H,25,26)(H2,22,23,24);1H. The van der Waals surface area contributed by atoms with Crippen molar-refractivity contribution in [1.29, 1.82) is 0 Å². The zero-order chi connectivity index (χ0) is 20.4. The summed E-state index contributed by atoms with van der Waals surface area (Å²) in [4.78, 5) is 16.5. The predicted molar refractivity (Wildman–Crippen MR) is 133 cm³/mol. The fraction of sp³-hybridized carbons (Fsp3) is 0.400. The second kappa shape index (κ2) is 13.0. The summed E-state index contributed by atoms with van der Waals surface area (Å²) in [7, 11) is 0. The van der Waals surface area contributed by atoms with Crippen LogP contribution in [0.4, 0.5) is 5.69 Å². The van der Waals surface area contributed by atoms with Crippen molar-refractivity contribution in [3.05, 3.63) is 51.7 Å². The van der Waals surface area contributed by atoms with Gasteiger partial charge in [-0.25, -0.2) is 4.99 Å². The molecule has 160 valence electrons. The van der Waals surface area contributed by atoms with Gasteiger partial charge < -0.3 is 21.1 Å². The highest BCUT2D eigenvalue weighted by Gasteiger charge is 2.23. The molecule has 0 aliphatic carbocycles. The number of halogens is 2. The number of guanidine groups is 1. The molecule has 9 heteroatoms. The maximum absolute atomic E-state index is 12.0. The third kappa shape index (κ3) is 9.33. The lowest BCUT2D eigenvalue weighted by Gasteiger charge is -2.21. The summed E-state index contributed by atoms with van der Waals surface area (Å²) in [6, 6.07) is 8.92. The van der Waals surface area contributed by atoms with Crippen molar-refractivity contribution < 1.29 is 9.90 Å². The van der Waals surface area contributed by atoms with Crippen LogP contribution in [0.5, 0.6) is 0 Å². The van der Waals surface area contributed by atoms with Crippen LogP contribution in [-0.2, 0) is 10.4 Å². The van der Waals surface area contributed by atoms with Crippen LogP contribution in [0.2, 0.25) is 5.02 Å². The highest BCUT2D eigenvalue weighted by molar-refractivity contribution is 14.0. The first kappa shape index (κ1) is 25.7. The molecule has 1 unspecified atom stereocenters. The Hall–Kier alpha value is -1.36. The van der Waals surface area contributed by atoms with Crippen LogP contribution in [0.15, 0.2) is 46.1 Å². The van der Waals surface area contributed by atoms with Gasteiger partial charge in [0.15, 0.2) is 5.96 Å². The van der Waals surface area contributed by atoms with Crippen molar-refractivity contribution >= 4 is 64.5 Å². The Kier molecular flexibility index (Phi) is 11.6. The smallest absolute Gasteiger partial charge is 0.224 e. The van der Waals surface area contributed by atoms with Gasteiger partial charge in [0, 0.05) is 30.2 Å². The number of thiophene rings is 1. The van der Waals surface area contributed by atoms with Crippen molar-refractivity contribution in [2.24, 2.45) is 4.99 Å². The predicted octanol–water partition coefficient (Wildman–Crippen LogP) is 4.20. The maximum Gasteiger partial charge on any atom is 0.224 e. The number of carbonyl (C=O) groups excluding carboxylic acids is 1. The zero-order valence-corrected chi connectivity index (χ0v) is 20.5. The van der Waals surface area contributed by atoms with Crippen LogP contribution in [0, 0.1) is 0 Å². The first-order valence-corrected chi connectivity index (χ1v) is 10.6. The highest BCUT2D eigenvalue weighted by Crippen LogP contribution is 2.23. The lowest BCUT2D eigenvalue weighted by molar-refractivity contribution is -0.116. The molecule has 0 saturated carbocycles. The Labute approximate surface area is 198 Å². The molecule has 1 atom stereocenters. The SMILES string of the molecule is CCNC(=NCC(C)(O)c1ccsc1)NCCCC(=O)Nc1ccc(Cl)cc1.I. The van der Waals surface area contributed by atoms with E-state index in [9.17, 15) is 9.90 Å². The third-order valence-electron chi connectivity index (χ3n) is 4.03. The second-order valence-electron chi connectivity index (χ2n) is 6.57. The quantitative estimate of drug-likeness (QED) is 0.163. The van der Waals surface area contributed by atoms with Crippen LogP contribution in [-0.4, -0.2) is 36.6 Å². The zero-order valence-electron chi connectivity index (χ0n) is 16.6. The number of benzene rings is 1. The first-order valence-electron chi connectivity index (χ1n) is 9.23. The summed E-state index contributed by atoms with van der Waals surface area (Å²) in [5, 5.41) is 24.3. The van der Waals surface area contributed by atoms with Crippen molar-refractivity contribution in [3.8, 4) is 0 Å². The third-order valence-corrected chi connectivity index (χ3v) is 4.97. The number of aliphatic imine (C=N–C) groups is 1. The van der Waals surface area contributed by atoms with Gasteiger partial charge in [-0.05, 0) is 66.9 Å². The molecule has 0 spiro atoms. The fourth-order valence-electron chi connectivity index (χ4n) is 2.45. The molecule has 29 heavy (non-hydrogen) atoms. The highest BCUT2D eigenvalue weighted by atomic mass is 127. The van der Waals surface area contributed by atoms with Gasteiger partial charge in [0.25, 0.3) is 0 Å². The molecule has 0 aliphatic rings. The van der Waals surface area contributed by atoms with Gasteiger partial charge in [0.05, 0.1) is 6.54 Å². The van der Waals surface area contributed by atoms with Crippen molar-refractivity contribution in [2.45, 2.75) is 32.3 Å². The van der Waals surface area contributed by atoms with E-state index < -0.39 is 5.60 Å². The largest absolute Gasteiger partial charge is 0.383 e. The Morgan fingerprint density at radius 3 is 2.59 bits per heavy atom. The molecule has 0 fully saturated rings. The van der Waals surface area contributed by atoms with E-state index in [-0.39, 0.29) is 36.4 Å². The van der Waals surface area contributed by atoms with E-state index in [1.165, 1.54) is 0 Å².